The normalized spacial score (nSPS) is 15.3. The zero-order chi connectivity index (χ0) is 17.8. The Morgan fingerprint density at radius 2 is 1.77 bits per heavy atom. The maximum atomic E-state index is 5.67. The molecule has 0 radical (unpaired) electrons. The second-order valence-corrected chi connectivity index (χ2v) is 6.41. The van der Waals surface area contributed by atoms with Gasteiger partial charge in [0.05, 0.1) is 22.9 Å². The first-order valence-corrected chi connectivity index (χ1v) is 8.90. The maximum absolute atomic E-state index is 5.67. The summed E-state index contributed by atoms with van der Waals surface area (Å²) in [7, 11) is 0. The van der Waals surface area contributed by atoms with Crippen molar-refractivity contribution < 1.29 is 4.74 Å². The number of aryl methyl sites for hydroxylation is 1. The van der Waals surface area contributed by atoms with Gasteiger partial charge in [0.1, 0.15) is 12.4 Å². The third-order valence-corrected chi connectivity index (χ3v) is 4.56. The molecule has 26 heavy (non-hydrogen) atoms. The first kappa shape index (κ1) is 16.7. The van der Waals surface area contributed by atoms with Crippen molar-refractivity contribution in [3.8, 4) is 5.88 Å². The number of piperazine rings is 1. The molecule has 134 valence electrons. The summed E-state index contributed by atoms with van der Waals surface area (Å²) in [4.78, 5) is 13.9. The van der Waals surface area contributed by atoms with Crippen LogP contribution in [0.25, 0.3) is 11.0 Å². The SMILES string of the molecule is Cc1ccc(OCCN2CCN(c3cnc4ccccc4n3)CC2)nn1. The van der Waals surface area contributed by atoms with E-state index in [1.165, 1.54) is 0 Å². The van der Waals surface area contributed by atoms with Crippen LogP contribution >= 0.6 is 0 Å². The fourth-order valence-electron chi connectivity index (χ4n) is 3.04. The van der Waals surface area contributed by atoms with Crippen LogP contribution in [0.2, 0.25) is 0 Å². The van der Waals surface area contributed by atoms with Crippen molar-refractivity contribution in [1.82, 2.24) is 25.1 Å². The van der Waals surface area contributed by atoms with Crippen LogP contribution in [0.4, 0.5) is 5.82 Å². The summed E-state index contributed by atoms with van der Waals surface area (Å²) < 4.78 is 5.67. The molecule has 4 rings (SSSR count). The smallest absolute Gasteiger partial charge is 0.233 e. The van der Waals surface area contributed by atoms with E-state index in [1.54, 1.807) is 0 Å². The maximum Gasteiger partial charge on any atom is 0.233 e. The second-order valence-electron chi connectivity index (χ2n) is 6.41. The van der Waals surface area contributed by atoms with Gasteiger partial charge in [-0.15, -0.1) is 5.10 Å². The molecule has 1 aliphatic rings. The molecule has 2 aromatic heterocycles. The van der Waals surface area contributed by atoms with Crippen LogP contribution in [-0.4, -0.2) is 64.4 Å². The molecule has 1 saturated heterocycles. The molecule has 0 atom stereocenters. The first-order chi connectivity index (χ1) is 12.8. The highest BCUT2D eigenvalue weighted by molar-refractivity contribution is 5.75. The largest absolute Gasteiger partial charge is 0.475 e. The van der Waals surface area contributed by atoms with E-state index in [1.807, 2.05) is 49.5 Å². The Labute approximate surface area is 152 Å². The first-order valence-electron chi connectivity index (χ1n) is 8.90. The van der Waals surface area contributed by atoms with Crippen LogP contribution in [-0.2, 0) is 0 Å². The lowest BCUT2D eigenvalue weighted by molar-refractivity contribution is 0.195. The summed E-state index contributed by atoms with van der Waals surface area (Å²) in [5.41, 5.74) is 2.77. The summed E-state index contributed by atoms with van der Waals surface area (Å²) in [6, 6.07) is 11.7. The van der Waals surface area contributed by atoms with Gasteiger partial charge < -0.3 is 9.64 Å². The summed E-state index contributed by atoms with van der Waals surface area (Å²) in [5.74, 6) is 1.54. The fraction of sp³-hybridized carbons (Fsp3) is 0.368. The van der Waals surface area contributed by atoms with E-state index in [4.69, 9.17) is 9.72 Å². The van der Waals surface area contributed by atoms with Crippen molar-refractivity contribution >= 4 is 16.9 Å². The van der Waals surface area contributed by atoms with Gasteiger partial charge in [-0.25, -0.2) is 4.98 Å². The summed E-state index contributed by atoms with van der Waals surface area (Å²) in [6.07, 6.45) is 1.87. The highest BCUT2D eigenvalue weighted by atomic mass is 16.5. The average molecular weight is 350 g/mol. The van der Waals surface area contributed by atoms with Gasteiger partial charge >= 0.3 is 0 Å². The van der Waals surface area contributed by atoms with Crippen molar-refractivity contribution in [3.05, 3.63) is 48.3 Å². The summed E-state index contributed by atoms with van der Waals surface area (Å²) >= 11 is 0. The number of para-hydroxylation sites is 2. The van der Waals surface area contributed by atoms with E-state index in [0.29, 0.717) is 12.5 Å². The molecular weight excluding hydrogens is 328 g/mol. The molecule has 7 nitrogen and oxygen atoms in total. The minimum atomic E-state index is 0.584. The van der Waals surface area contributed by atoms with Gasteiger partial charge in [0, 0.05) is 38.8 Å². The second kappa shape index (κ2) is 7.61. The number of aromatic nitrogens is 4. The van der Waals surface area contributed by atoms with Crippen LogP contribution in [0.5, 0.6) is 5.88 Å². The minimum absolute atomic E-state index is 0.584. The molecule has 0 N–H and O–H groups in total. The lowest BCUT2D eigenvalue weighted by Crippen LogP contribution is -2.47. The van der Waals surface area contributed by atoms with Crippen molar-refractivity contribution in [1.29, 1.82) is 0 Å². The molecule has 0 amide bonds. The Bertz CT molecular complexity index is 861. The minimum Gasteiger partial charge on any atom is -0.475 e. The van der Waals surface area contributed by atoms with E-state index in [0.717, 1.165) is 55.3 Å². The molecule has 0 aliphatic carbocycles. The van der Waals surface area contributed by atoms with Crippen molar-refractivity contribution in [2.45, 2.75) is 6.92 Å². The summed E-state index contributed by atoms with van der Waals surface area (Å²) in [6.45, 7) is 7.26. The Morgan fingerprint density at radius 1 is 0.962 bits per heavy atom. The van der Waals surface area contributed by atoms with Crippen molar-refractivity contribution in [2.24, 2.45) is 0 Å². The third kappa shape index (κ3) is 3.88. The molecule has 1 aromatic carbocycles. The monoisotopic (exact) mass is 350 g/mol. The number of fused-ring (bicyclic) bond motifs is 1. The molecule has 3 aromatic rings. The van der Waals surface area contributed by atoms with Crippen molar-refractivity contribution in [3.63, 3.8) is 0 Å². The quantitative estimate of drug-likeness (QED) is 0.696. The van der Waals surface area contributed by atoms with Gasteiger partial charge in [0.15, 0.2) is 0 Å². The van der Waals surface area contributed by atoms with Crippen LogP contribution < -0.4 is 9.64 Å². The standard InChI is InChI=1S/C19H22N6O/c1-15-6-7-19(23-22-15)26-13-12-24-8-10-25(11-9-24)18-14-20-16-4-2-3-5-17(16)21-18/h2-7,14H,8-13H2,1H3. The number of hydrogen-bond acceptors (Lipinski definition) is 7. The number of rotatable bonds is 5. The lowest BCUT2D eigenvalue weighted by atomic mass is 10.3. The predicted molar refractivity (Wildman–Crippen MR) is 100 cm³/mol. The van der Waals surface area contributed by atoms with Gasteiger partial charge in [-0.1, -0.05) is 12.1 Å². The van der Waals surface area contributed by atoms with E-state index < -0.39 is 0 Å². The van der Waals surface area contributed by atoms with E-state index in [-0.39, 0.29) is 0 Å². The third-order valence-electron chi connectivity index (χ3n) is 4.56. The molecule has 0 spiro atoms. The van der Waals surface area contributed by atoms with Crippen molar-refractivity contribution in [2.75, 3.05) is 44.2 Å². The van der Waals surface area contributed by atoms with Gasteiger partial charge in [-0.2, -0.15) is 5.10 Å². The van der Waals surface area contributed by atoms with Gasteiger partial charge in [-0.05, 0) is 25.1 Å². The molecule has 0 bridgehead atoms. The number of hydrogen-bond donors (Lipinski definition) is 0. The Morgan fingerprint density at radius 3 is 2.54 bits per heavy atom. The number of benzene rings is 1. The Balaban J connectivity index is 1.27. The lowest BCUT2D eigenvalue weighted by Gasteiger charge is -2.35. The molecule has 1 fully saturated rings. The molecule has 1 aliphatic heterocycles. The zero-order valence-electron chi connectivity index (χ0n) is 14.9. The molecule has 0 saturated carbocycles. The van der Waals surface area contributed by atoms with Gasteiger partial charge in [0.25, 0.3) is 0 Å². The van der Waals surface area contributed by atoms with Crippen LogP contribution in [0.3, 0.4) is 0 Å². The highest BCUT2D eigenvalue weighted by Crippen LogP contribution is 2.17. The fourth-order valence-corrected chi connectivity index (χ4v) is 3.04. The van der Waals surface area contributed by atoms with E-state index >= 15 is 0 Å². The predicted octanol–water partition coefficient (Wildman–Crippen LogP) is 1.93. The molecule has 7 heteroatoms. The topological polar surface area (TPSA) is 67.3 Å². The average Bonchev–Trinajstić information content (AvgIpc) is 2.70. The Kier molecular flexibility index (Phi) is 4.88. The van der Waals surface area contributed by atoms with Crippen LogP contribution in [0.15, 0.2) is 42.6 Å². The number of nitrogens with zero attached hydrogens (tertiary/aromatic N) is 6. The Hall–Kier alpha value is -2.80. The number of ether oxygens (including phenoxy) is 1. The van der Waals surface area contributed by atoms with Crippen LogP contribution in [0.1, 0.15) is 5.69 Å². The van der Waals surface area contributed by atoms with Crippen LogP contribution in [0, 0.1) is 6.92 Å². The molecular formula is C19H22N6O. The molecule has 3 heterocycles. The van der Waals surface area contributed by atoms with Gasteiger partial charge in [0.2, 0.25) is 5.88 Å². The summed E-state index contributed by atoms with van der Waals surface area (Å²) in [5, 5.41) is 8.02. The van der Waals surface area contributed by atoms with E-state index in [9.17, 15) is 0 Å². The zero-order valence-corrected chi connectivity index (χ0v) is 14.9. The highest BCUT2D eigenvalue weighted by Gasteiger charge is 2.18. The van der Waals surface area contributed by atoms with Gasteiger partial charge in [-0.3, -0.25) is 9.88 Å². The molecule has 0 unspecified atom stereocenters. The number of anilines is 1. The van der Waals surface area contributed by atoms with E-state index in [2.05, 4.69) is 25.0 Å².